The van der Waals surface area contributed by atoms with E-state index in [-0.39, 0.29) is 5.92 Å². The second-order valence-electron chi connectivity index (χ2n) is 2.63. The zero-order valence-corrected chi connectivity index (χ0v) is 5.68. The van der Waals surface area contributed by atoms with Crippen LogP contribution < -0.4 is 0 Å². The Morgan fingerprint density at radius 2 is 2.00 bits per heavy atom. The monoisotopic (exact) mass is 113 g/mol. The molecule has 0 aromatic heterocycles. The first kappa shape index (κ1) is 7.70. The van der Waals surface area contributed by atoms with Crippen LogP contribution in [0.15, 0.2) is 6.08 Å². The Bertz CT molecular complexity index is 78.9. The quantitative estimate of drug-likeness (QED) is 0.573. The van der Waals surface area contributed by atoms with E-state index in [0.29, 0.717) is 0 Å². The van der Waals surface area contributed by atoms with E-state index < -0.39 is 5.60 Å². The fourth-order valence-electron chi connectivity index (χ4n) is 0.235. The van der Waals surface area contributed by atoms with Crippen molar-refractivity contribution in [1.29, 1.82) is 0 Å². The van der Waals surface area contributed by atoms with E-state index in [1.54, 1.807) is 13.8 Å². The maximum atomic E-state index is 9.17. The van der Waals surface area contributed by atoms with Crippen LogP contribution in [0.4, 0.5) is 0 Å². The number of rotatable bonds is 2. The number of hydrogen-bond acceptors (Lipinski definition) is 1. The lowest BCUT2D eigenvalue weighted by Gasteiger charge is -2.21. The largest absolute Gasteiger partial charge is 0.390 e. The minimum atomic E-state index is -0.672. The third kappa shape index (κ3) is 2.12. The molecule has 47 valence electrons. The zero-order valence-electron chi connectivity index (χ0n) is 5.68. The number of hydrogen-bond donors (Lipinski definition) is 1. The molecule has 1 heteroatoms. The van der Waals surface area contributed by atoms with Gasteiger partial charge in [0.05, 0.1) is 5.60 Å². The molecule has 1 radical (unpaired) electrons. The van der Waals surface area contributed by atoms with Crippen LogP contribution in [0.5, 0.6) is 0 Å². The van der Waals surface area contributed by atoms with Gasteiger partial charge < -0.3 is 5.11 Å². The van der Waals surface area contributed by atoms with Crippen LogP contribution in [0.3, 0.4) is 0 Å². The van der Waals surface area contributed by atoms with E-state index in [1.165, 1.54) is 6.08 Å². The molecule has 0 amide bonds. The molecule has 0 aliphatic rings. The smallest absolute Gasteiger partial charge is 0.0651 e. The van der Waals surface area contributed by atoms with Gasteiger partial charge >= 0.3 is 0 Å². The van der Waals surface area contributed by atoms with Crippen molar-refractivity contribution in [2.24, 2.45) is 5.92 Å². The normalized spacial score (nSPS) is 15.5. The van der Waals surface area contributed by atoms with Crippen LogP contribution >= 0.6 is 0 Å². The van der Waals surface area contributed by atoms with E-state index in [9.17, 15) is 5.11 Å². The van der Waals surface area contributed by atoms with Gasteiger partial charge in [0.1, 0.15) is 0 Å². The molecular weight excluding hydrogens is 100 g/mol. The van der Waals surface area contributed by atoms with Gasteiger partial charge in [-0.1, -0.05) is 19.6 Å². The molecule has 0 aromatic carbocycles. The molecule has 1 nitrogen and oxygen atoms in total. The predicted octanol–water partition coefficient (Wildman–Crippen LogP) is 1.38. The van der Waals surface area contributed by atoms with E-state index >= 15 is 0 Å². The highest BCUT2D eigenvalue weighted by atomic mass is 16.3. The second-order valence-corrected chi connectivity index (χ2v) is 2.63. The first-order chi connectivity index (χ1) is 3.48. The van der Waals surface area contributed by atoms with Gasteiger partial charge in [0, 0.05) is 5.92 Å². The third-order valence-corrected chi connectivity index (χ3v) is 1.40. The highest BCUT2D eigenvalue weighted by Gasteiger charge is 2.18. The summed E-state index contributed by atoms with van der Waals surface area (Å²) in [5, 5.41) is 9.17. The Morgan fingerprint density at radius 1 is 1.62 bits per heavy atom. The minimum absolute atomic E-state index is 0.0579. The molecule has 1 atom stereocenters. The molecule has 8 heavy (non-hydrogen) atoms. The molecule has 0 saturated heterocycles. The average molecular weight is 113 g/mol. The van der Waals surface area contributed by atoms with Crippen molar-refractivity contribution < 1.29 is 5.11 Å². The summed E-state index contributed by atoms with van der Waals surface area (Å²) in [6.45, 7) is 10.5. The summed E-state index contributed by atoms with van der Waals surface area (Å²) < 4.78 is 0. The van der Waals surface area contributed by atoms with Crippen molar-refractivity contribution in [1.82, 2.24) is 0 Å². The lowest BCUT2D eigenvalue weighted by Crippen LogP contribution is -2.26. The Labute approximate surface area is 51.0 Å². The first-order valence-electron chi connectivity index (χ1n) is 2.76. The summed E-state index contributed by atoms with van der Waals surface area (Å²) in [6, 6.07) is 0. The third-order valence-electron chi connectivity index (χ3n) is 1.40. The van der Waals surface area contributed by atoms with E-state index in [4.69, 9.17) is 6.58 Å². The molecule has 1 N–H and O–H groups in total. The van der Waals surface area contributed by atoms with Gasteiger partial charge in [0.2, 0.25) is 0 Å². The summed E-state index contributed by atoms with van der Waals surface area (Å²) in [4.78, 5) is 0. The molecular formula is C7H13O. The van der Waals surface area contributed by atoms with Gasteiger partial charge in [-0.25, -0.2) is 0 Å². The van der Waals surface area contributed by atoms with Crippen molar-refractivity contribution >= 4 is 0 Å². The fraction of sp³-hybridized carbons (Fsp3) is 0.714. The molecule has 0 saturated carbocycles. The van der Waals surface area contributed by atoms with Gasteiger partial charge in [0.15, 0.2) is 0 Å². The van der Waals surface area contributed by atoms with Crippen LogP contribution in [-0.4, -0.2) is 10.7 Å². The Hall–Kier alpha value is -0.300. The Balaban J connectivity index is 3.80. The fourth-order valence-corrected chi connectivity index (χ4v) is 0.235. The molecule has 0 fully saturated rings. The summed E-state index contributed by atoms with van der Waals surface area (Å²) in [7, 11) is 0. The zero-order chi connectivity index (χ0) is 6.78. The molecule has 0 spiro atoms. The second kappa shape index (κ2) is 2.31. The molecule has 0 aromatic rings. The molecule has 0 aliphatic carbocycles. The van der Waals surface area contributed by atoms with Crippen LogP contribution in [0.2, 0.25) is 0 Å². The van der Waals surface area contributed by atoms with Crippen molar-refractivity contribution in [3.63, 3.8) is 0 Å². The number of aliphatic hydroxyl groups is 1. The van der Waals surface area contributed by atoms with Crippen molar-refractivity contribution in [3.05, 3.63) is 12.7 Å². The van der Waals surface area contributed by atoms with Crippen LogP contribution in [0.25, 0.3) is 0 Å². The predicted molar refractivity (Wildman–Crippen MR) is 34.3 cm³/mol. The van der Waals surface area contributed by atoms with Gasteiger partial charge in [0.25, 0.3) is 0 Å². The van der Waals surface area contributed by atoms with Crippen molar-refractivity contribution in [2.45, 2.75) is 26.4 Å². The standard InChI is InChI=1S/C7H13O/c1-5-6(2)7(3,4)8/h1,5-6,8H,2-4H3. The lowest BCUT2D eigenvalue weighted by atomic mass is 9.93. The topological polar surface area (TPSA) is 20.2 Å². The highest BCUT2D eigenvalue weighted by Crippen LogP contribution is 2.15. The molecule has 1 unspecified atom stereocenters. The molecule has 0 bridgehead atoms. The summed E-state index contributed by atoms with van der Waals surface area (Å²) in [6.07, 6.45) is 1.50. The Kier molecular flexibility index (Phi) is 2.23. The van der Waals surface area contributed by atoms with Gasteiger partial charge in [-0.15, -0.1) is 0 Å². The average Bonchev–Trinajstić information content (AvgIpc) is 1.62. The first-order valence-corrected chi connectivity index (χ1v) is 2.76. The summed E-state index contributed by atoms with van der Waals surface area (Å²) >= 11 is 0. The van der Waals surface area contributed by atoms with Gasteiger partial charge in [-0.2, -0.15) is 0 Å². The van der Waals surface area contributed by atoms with Crippen LogP contribution in [0.1, 0.15) is 20.8 Å². The van der Waals surface area contributed by atoms with Crippen LogP contribution in [-0.2, 0) is 0 Å². The minimum Gasteiger partial charge on any atom is -0.390 e. The molecule has 0 rings (SSSR count). The summed E-state index contributed by atoms with van der Waals surface area (Å²) in [5.41, 5.74) is -0.672. The molecule has 0 heterocycles. The van der Waals surface area contributed by atoms with Crippen LogP contribution in [0, 0.1) is 12.5 Å². The Morgan fingerprint density at radius 3 is 2.00 bits per heavy atom. The van der Waals surface area contributed by atoms with Gasteiger partial charge in [-0.05, 0) is 13.8 Å². The molecule has 0 aliphatic heterocycles. The lowest BCUT2D eigenvalue weighted by molar-refractivity contribution is 0.0441. The summed E-state index contributed by atoms with van der Waals surface area (Å²) in [5.74, 6) is 0.0579. The maximum Gasteiger partial charge on any atom is 0.0651 e. The van der Waals surface area contributed by atoms with E-state index in [1.807, 2.05) is 6.92 Å². The van der Waals surface area contributed by atoms with E-state index in [2.05, 4.69) is 0 Å². The SMILES string of the molecule is [CH]=CC(C)C(C)(C)O. The van der Waals surface area contributed by atoms with Crippen molar-refractivity contribution in [3.8, 4) is 0 Å². The van der Waals surface area contributed by atoms with Gasteiger partial charge in [-0.3, -0.25) is 0 Å². The van der Waals surface area contributed by atoms with E-state index in [0.717, 1.165) is 0 Å². The van der Waals surface area contributed by atoms with Crippen molar-refractivity contribution in [2.75, 3.05) is 0 Å². The highest BCUT2D eigenvalue weighted by molar-refractivity contribution is 4.84. The maximum absolute atomic E-state index is 9.17.